The smallest absolute Gasteiger partial charge is 0.302 e. The number of piperidine rings is 1. The Hall–Kier alpha value is -2.15. The van der Waals surface area contributed by atoms with Gasteiger partial charge in [0.2, 0.25) is 5.91 Å². The van der Waals surface area contributed by atoms with E-state index >= 15 is 0 Å². The third kappa shape index (κ3) is 5.26. The van der Waals surface area contributed by atoms with E-state index in [1.165, 1.54) is 19.1 Å². The predicted octanol–water partition coefficient (Wildman–Crippen LogP) is 2.81. The molecule has 1 aliphatic carbocycles. The highest BCUT2D eigenvalue weighted by atomic mass is 19.1. The van der Waals surface area contributed by atoms with Gasteiger partial charge in [-0.3, -0.25) is 9.59 Å². The molecule has 1 atom stereocenters. The van der Waals surface area contributed by atoms with E-state index in [9.17, 15) is 14.0 Å². The van der Waals surface area contributed by atoms with Crippen molar-refractivity contribution in [2.45, 2.75) is 58.1 Å². The van der Waals surface area contributed by atoms with Crippen LogP contribution in [0, 0.1) is 24.6 Å². The number of benzene rings is 1. The van der Waals surface area contributed by atoms with Crippen LogP contribution in [-0.4, -0.2) is 48.1 Å². The van der Waals surface area contributed by atoms with Crippen molar-refractivity contribution >= 4 is 11.9 Å². The number of aryl methyl sites for hydroxylation is 1. The van der Waals surface area contributed by atoms with Gasteiger partial charge in [-0.25, -0.2) is 4.39 Å². The summed E-state index contributed by atoms with van der Waals surface area (Å²) in [5.74, 6) is 0.512. The molecule has 0 radical (unpaired) electrons. The van der Waals surface area contributed by atoms with Gasteiger partial charge in [0.05, 0.1) is 11.6 Å². The van der Waals surface area contributed by atoms with E-state index in [0.29, 0.717) is 37.6 Å². The molecule has 1 saturated carbocycles. The van der Waals surface area contributed by atoms with Crippen LogP contribution >= 0.6 is 0 Å². The van der Waals surface area contributed by atoms with E-state index in [0.717, 1.165) is 18.4 Å². The van der Waals surface area contributed by atoms with E-state index in [1.807, 2.05) is 18.7 Å². The molecule has 3 rings (SSSR count). The molecule has 1 aliphatic heterocycles. The molecule has 0 aromatic heterocycles. The minimum Gasteiger partial charge on any atom is -0.490 e. The Morgan fingerprint density at radius 2 is 1.97 bits per heavy atom. The van der Waals surface area contributed by atoms with Crippen molar-refractivity contribution in [3.05, 3.63) is 29.6 Å². The third-order valence-corrected chi connectivity index (χ3v) is 6.18. The molecule has 1 amide bonds. The van der Waals surface area contributed by atoms with Gasteiger partial charge in [0.1, 0.15) is 18.2 Å². The maximum Gasteiger partial charge on any atom is 0.302 e. The summed E-state index contributed by atoms with van der Waals surface area (Å²) in [5, 5.41) is 0. The predicted molar refractivity (Wildman–Crippen MR) is 107 cm³/mol. The maximum atomic E-state index is 13.3. The number of rotatable bonds is 6. The first-order valence-electron chi connectivity index (χ1n) is 10.3. The lowest BCUT2D eigenvalue weighted by atomic mass is 9.68. The van der Waals surface area contributed by atoms with Gasteiger partial charge >= 0.3 is 5.97 Å². The molecular weight excluding hydrogens is 375 g/mol. The summed E-state index contributed by atoms with van der Waals surface area (Å²) in [6.07, 6.45) is 2.87. The molecule has 2 fully saturated rings. The second kappa shape index (κ2) is 8.69. The number of hydrogen-bond acceptors (Lipinski definition) is 5. The number of likely N-dealkylation sites (tertiary alicyclic amines) is 1. The van der Waals surface area contributed by atoms with Crippen molar-refractivity contribution in [3.63, 3.8) is 0 Å². The Labute approximate surface area is 171 Å². The van der Waals surface area contributed by atoms with E-state index in [4.69, 9.17) is 15.2 Å². The van der Waals surface area contributed by atoms with Gasteiger partial charge in [0.15, 0.2) is 0 Å². The van der Waals surface area contributed by atoms with Crippen LogP contribution < -0.4 is 10.5 Å². The Kier molecular flexibility index (Phi) is 6.46. The summed E-state index contributed by atoms with van der Waals surface area (Å²) in [5.41, 5.74) is 6.39. The van der Waals surface area contributed by atoms with E-state index in [-0.39, 0.29) is 36.3 Å². The number of amides is 1. The molecule has 1 aromatic rings. The zero-order valence-electron chi connectivity index (χ0n) is 17.4. The van der Waals surface area contributed by atoms with Gasteiger partial charge in [-0.05, 0) is 69.2 Å². The molecule has 2 aliphatic rings. The number of nitrogens with zero attached hydrogens (tertiary/aromatic N) is 1. The summed E-state index contributed by atoms with van der Waals surface area (Å²) >= 11 is 0. The van der Waals surface area contributed by atoms with Crippen LogP contribution in [0.15, 0.2) is 18.2 Å². The minimum absolute atomic E-state index is 0.000497. The van der Waals surface area contributed by atoms with E-state index in [1.54, 1.807) is 6.07 Å². The van der Waals surface area contributed by atoms with Crippen LogP contribution in [0.25, 0.3) is 0 Å². The molecule has 1 heterocycles. The van der Waals surface area contributed by atoms with E-state index in [2.05, 4.69) is 0 Å². The molecule has 0 bridgehead atoms. The minimum atomic E-state index is -0.570. The van der Waals surface area contributed by atoms with Gasteiger partial charge in [0, 0.05) is 25.9 Å². The highest BCUT2D eigenvalue weighted by Gasteiger charge is 2.47. The van der Waals surface area contributed by atoms with Crippen LogP contribution in [0.5, 0.6) is 5.75 Å². The maximum absolute atomic E-state index is 13.3. The van der Waals surface area contributed by atoms with Crippen molar-refractivity contribution in [2.75, 3.05) is 19.7 Å². The number of carbonyl (C=O) groups excluding carboxylic acids is 2. The van der Waals surface area contributed by atoms with Crippen LogP contribution in [0.4, 0.5) is 4.39 Å². The first-order valence-corrected chi connectivity index (χ1v) is 10.3. The number of halogens is 1. The number of nitrogens with two attached hydrogens (primary N) is 1. The Bertz CT molecular complexity index is 755. The average Bonchev–Trinajstić information content (AvgIpc) is 2.66. The van der Waals surface area contributed by atoms with Crippen LogP contribution in [0.1, 0.15) is 45.1 Å². The molecular formula is C22H31FN2O4. The highest BCUT2D eigenvalue weighted by molar-refractivity contribution is 5.80. The highest BCUT2D eigenvalue weighted by Crippen LogP contribution is 2.38. The zero-order chi connectivity index (χ0) is 21.2. The second-order valence-corrected chi connectivity index (χ2v) is 8.64. The first-order chi connectivity index (χ1) is 13.7. The molecule has 7 heteroatoms. The van der Waals surface area contributed by atoms with Crippen LogP contribution in [0.2, 0.25) is 0 Å². The monoisotopic (exact) mass is 406 g/mol. The summed E-state index contributed by atoms with van der Waals surface area (Å²) in [6.45, 7) is 6.82. The summed E-state index contributed by atoms with van der Waals surface area (Å²) in [7, 11) is 0. The molecule has 2 N–H and O–H groups in total. The molecule has 160 valence electrons. The number of hydrogen-bond donors (Lipinski definition) is 1. The Morgan fingerprint density at radius 1 is 1.31 bits per heavy atom. The number of esters is 1. The lowest BCUT2D eigenvalue weighted by molar-refractivity contribution is -0.149. The molecule has 6 nitrogen and oxygen atoms in total. The van der Waals surface area contributed by atoms with Gasteiger partial charge in [-0.15, -0.1) is 0 Å². The number of ether oxygens (including phenoxy) is 2. The SMILES string of the molecule is CC(=O)OC[C@]1(N)C[C@@H](C(=O)N2CCC(C(C)Oc3ccc(F)cc3C)CC2)C1. The van der Waals surface area contributed by atoms with Crippen molar-refractivity contribution in [2.24, 2.45) is 17.6 Å². The molecule has 1 aromatic carbocycles. The Morgan fingerprint density at radius 3 is 2.55 bits per heavy atom. The normalized spacial score (nSPS) is 25.8. The Balaban J connectivity index is 1.44. The summed E-state index contributed by atoms with van der Waals surface area (Å²) in [6, 6.07) is 4.56. The molecule has 0 spiro atoms. The van der Waals surface area contributed by atoms with Crippen molar-refractivity contribution < 1.29 is 23.5 Å². The quantitative estimate of drug-likeness (QED) is 0.735. The van der Waals surface area contributed by atoms with Crippen LogP contribution in [-0.2, 0) is 14.3 Å². The summed E-state index contributed by atoms with van der Waals surface area (Å²) < 4.78 is 24.3. The molecule has 1 saturated heterocycles. The van der Waals surface area contributed by atoms with Crippen LogP contribution in [0.3, 0.4) is 0 Å². The van der Waals surface area contributed by atoms with E-state index < -0.39 is 5.54 Å². The van der Waals surface area contributed by atoms with Gasteiger partial charge in [0.25, 0.3) is 0 Å². The fourth-order valence-electron chi connectivity index (χ4n) is 4.35. The van der Waals surface area contributed by atoms with Gasteiger partial charge in [-0.1, -0.05) is 0 Å². The standard InChI is InChI=1S/C22H31FN2O4/c1-14-10-19(23)4-5-20(14)29-15(2)17-6-8-25(9-7-17)21(27)18-11-22(24,12-18)13-28-16(3)26/h4-5,10,15,17-18H,6-9,11-13,24H2,1-3H3/t15?,18-,22+. The fraction of sp³-hybridized carbons (Fsp3) is 0.636. The zero-order valence-corrected chi connectivity index (χ0v) is 17.4. The first kappa shape index (κ1) is 21.6. The van der Waals surface area contributed by atoms with Gasteiger partial charge < -0.3 is 20.1 Å². The lowest BCUT2D eigenvalue weighted by Crippen LogP contribution is -2.60. The second-order valence-electron chi connectivity index (χ2n) is 8.64. The molecule has 1 unspecified atom stereocenters. The fourth-order valence-corrected chi connectivity index (χ4v) is 4.35. The topological polar surface area (TPSA) is 81.9 Å². The van der Waals surface area contributed by atoms with Crippen molar-refractivity contribution in [3.8, 4) is 5.75 Å². The third-order valence-electron chi connectivity index (χ3n) is 6.18. The average molecular weight is 406 g/mol. The molecule has 29 heavy (non-hydrogen) atoms. The van der Waals surface area contributed by atoms with Gasteiger partial charge in [-0.2, -0.15) is 0 Å². The summed E-state index contributed by atoms with van der Waals surface area (Å²) in [4.78, 5) is 25.6. The van der Waals surface area contributed by atoms with Crippen molar-refractivity contribution in [1.29, 1.82) is 0 Å². The lowest BCUT2D eigenvalue weighted by Gasteiger charge is -2.46. The van der Waals surface area contributed by atoms with Crippen molar-refractivity contribution in [1.82, 2.24) is 4.90 Å². The number of carbonyl (C=O) groups is 2. The largest absolute Gasteiger partial charge is 0.490 e.